The first-order valence-electron chi connectivity index (χ1n) is 11.9. The Morgan fingerprint density at radius 3 is 1.54 bits per heavy atom. The van der Waals surface area contributed by atoms with Crippen LogP contribution in [0, 0.1) is 11.5 Å². The number of rotatable bonds is 13. The zero-order valence-corrected chi connectivity index (χ0v) is 25.7. The molecule has 28 heavy (non-hydrogen) atoms. The van der Waals surface area contributed by atoms with Crippen LogP contribution in [0.15, 0.2) is 21.4 Å². The molecule has 0 aliphatic carbocycles. The van der Waals surface area contributed by atoms with E-state index in [9.17, 15) is 0 Å². The molecule has 3 heteroatoms. The summed E-state index contributed by atoms with van der Waals surface area (Å²) in [5, 5.41) is 1.77. The summed E-state index contributed by atoms with van der Waals surface area (Å²) in [6.07, 6.45) is 11.5. The molecule has 0 aromatic carbocycles. The van der Waals surface area contributed by atoms with E-state index in [2.05, 4.69) is 84.2 Å². The maximum atomic E-state index is 4.15. The van der Waals surface area contributed by atoms with Crippen molar-refractivity contribution in [3.8, 4) is 11.5 Å². The van der Waals surface area contributed by atoms with Crippen molar-refractivity contribution >= 4 is 34.5 Å². The Balaban J connectivity index is 6.83. The predicted octanol–water partition coefficient (Wildman–Crippen LogP) is 9.01. The van der Waals surface area contributed by atoms with Crippen LogP contribution in [-0.4, -0.2) is 34.5 Å². The van der Waals surface area contributed by atoms with E-state index in [1.165, 1.54) is 51.8 Å². The van der Waals surface area contributed by atoms with Crippen LogP contribution in [-0.2, 0) is 0 Å². The topological polar surface area (TPSA) is 0 Å². The summed E-state index contributed by atoms with van der Waals surface area (Å²) in [5.74, 6) is 3.99. The van der Waals surface area contributed by atoms with Crippen molar-refractivity contribution < 1.29 is 0 Å². The van der Waals surface area contributed by atoms with Gasteiger partial charge in [0.15, 0.2) is 0 Å². The van der Waals surface area contributed by atoms with Crippen molar-refractivity contribution in [2.75, 3.05) is 0 Å². The molecule has 0 spiro atoms. The van der Waals surface area contributed by atoms with E-state index in [4.69, 9.17) is 0 Å². The summed E-state index contributed by atoms with van der Waals surface area (Å²) in [6, 6.07) is 0. The molecule has 0 aliphatic heterocycles. The number of unbranched alkanes of at least 4 members (excludes halogenated alkanes) is 3. The van der Waals surface area contributed by atoms with Crippen LogP contribution in [0.3, 0.4) is 0 Å². The number of hydrogen-bond acceptors (Lipinski definition) is 0. The molecule has 0 saturated heterocycles. The van der Waals surface area contributed by atoms with Crippen LogP contribution in [0.2, 0.25) is 52.6 Å². The van der Waals surface area contributed by atoms with Gasteiger partial charge >= 0.3 is 186 Å². The summed E-state index contributed by atoms with van der Waals surface area (Å²) in [5.41, 5.74) is 3.84. The van der Waals surface area contributed by atoms with Gasteiger partial charge in [-0.2, -0.15) is 0 Å². The molecule has 0 unspecified atom stereocenters. The van der Waals surface area contributed by atoms with Gasteiger partial charge < -0.3 is 0 Å². The first-order valence-corrected chi connectivity index (χ1v) is 26.3. The quantitative estimate of drug-likeness (QED) is 0.128. The van der Waals surface area contributed by atoms with E-state index in [1.54, 1.807) is 8.79 Å². The summed E-state index contributed by atoms with van der Waals surface area (Å²) in [4.78, 5) is 0. The SMILES string of the molecule is C=CC/C(=[C](/C#C[Si](C)(C)C)[Sn]([CH2]CCC)([CH2]CCC)[CH2]CCC)[Si](C)(C)C. The Morgan fingerprint density at radius 2 is 1.25 bits per heavy atom. The van der Waals surface area contributed by atoms with Crippen molar-refractivity contribution in [2.45, 2.75) is 118 Å². The van der Waals surface area contributed by atoms with E-state index in [-0.39, 0.29) is 0 Å². The number of hydrogen-bond donors (Lipinski definition) is 0. The fourth-order valence-electron chi connectivity index (χ4n) is 4.00. The van der Waals surface area contributed by atoms with E-state index in [1.807, 2.05) is 0 Å². The molecule has 162 valence electrons. The first kappa shape index (κ1) is 28.3. The Hall–Kier alpha value is 0.272. The van der Waals surface area contributed by atoms with Gasteiger partial charge in [0, 0.05) is 0 Å². The fraction of sp³-hybridized carbons (Fsp3) is 0.760. The van der Waals surface area contributed by atoms with Crippen LogP contribution in [0.25, 0.3) is 0 Å². The van der Waals surface area contributed by atoms with Crippen molar-refractivity contribution in [1.29, 1.82) is 0 Å². The average molecular weight is 526 g/mol. The molecule has 0 aromatic heterocycles. The molecule has 0 aliphatic rings. The minimum absolute atomic E-state index is 1.08. The second-order valence-corrected chi connectivity index (χ2v) is 33.6. The third-order valence-corrected chi connectivity index (χ3v) is 25.0. The van der Waals surface area contributed by atoms with E-state index in [0.717, 1.165) is 6.42 Å². The van der Waals surface area contributed by atoms with Gasteiger partial charge in [-0.05, 0) is 0 Å². The molecule has 0 amide bonds. The third kappa shape index (κ3) is 10.3. The molecular formula is C25H50Si2Sn. The average Bonchev–Trinajstić information content (AvgIpc) is 2.59. The molecule has 0 fully saturated rings. The van der Waals surface area contributed by atoms with Gasteiger partial charge in [0.2, 0.25) is 0 Å². The van der Waals surface area contributed by atoms with Gasteiger partial charge in [-0.3, -0.25) is 0 Å². The van der Waals surface area contributed by atoms with Crippen molar-refractivity contribution in [3.05, 3.63) is 21.4 Å². The number of allylic oxidation sites excluding steroid dienone is 3. The van der Waals surface area contributed by atoms with Crippen LogP contribution in [0.1, 0.15) is 65.7 Å². The van der Waals surface area contributed by atoms with E-state index >= 15 is 0 Å². The third-order valence-electron chi connectivity index (χ3n) is 5.68. The Bertz CT molecular complexity index is 528. The Kier molecular flexibility index (Phi) is 13.7. The predicted molar refractivity (Wildman–Crippen MR) is 141 cm³/mol. The molecular weight excluding hydrogens is 475 g/mol. The van der Waals surface area contributed by atoms with Gasteiger partial charge in [-0.1, -0.05) is 0 Å². The van der Waals surface area contributed by atoms with Crippen molar-refractivity contribution in [1.82, 2.24) is 0 Å². The molecule has 0 saturated carbocycles. The minimum atomic E-state index is -2.54. The van der Waals surface area contributed by atoms with Gasteiger partial charge in [0.05, 0.1) is 0 Å². The van der Waals surface area contributed by atoms with E-state index in [0.29, 0.717) is 0 Å². The molecule has 0 rings (SSSR count). The molecule has 0 bridgehead atoms. The van der Waals surface area contributed by atoms with Crippen LogP contribution in [0.5, 0.6) is 0 Å². The Morgan fingerprint density at radius 1 is 0.821 bits per heavy atom. The zero-order chi connectivity index (χ0) is 21.8. The fourth-order valence-corrected chi connectivity index (χ4v) is 27.6. The monoisotopic (exact) mass is 526 g/mol. The molecule has 0 N–H and O–H groups in total. The van der Waals surface area contributed by atoms with Gasteiger partial charge in [0.25, 0.3) is 0 Å². The molecule has 0 heterocycles. The van der Waals surface area contributed by atoms with Crippen LogP contribution in [0.4, 0.5) is 0 Å². The van der Waals surface area contributed by atoms with Crippen LogP contribution < -0.4 is 0 Å². The molecule has 0 aromatic rings. The zero-order valence-electron chi connectivity index (χ0n) is 20.9. The van der Waals surface area contributed by atoms with Gasteiger partial charge in [-0.25, -0.2) is 0 Å². The van der Waals surface area contributed by atoms with Gasteiger partial charge in [0.1, 0.15) is 0 Å². The molecule has 0 nitrogen and oxygen atoms in total. The summed E-state index contributed by atoms with van der Waals surface area (Å²) < 4.78 is 6.33. The van der Waals surface area contributed by atoms with Gasteiger partial charge in [-0.15, -0.1) is 0 Å². The molecule has 0 atom stereocenters. The second-order valence-electron chi connectivity index (χ2n) is 10.7. The van der Waals surface area contributed by atoms with Crippen LogP contribution >= 0.6 is 0 Å². The summed E-state index contributed by atoms with van der Waals surface area (Å²) >= 11 is -2.54. The van der Waals surface area contributed by atoms with Crippen molar-refractivity contribution in [2.24, 2.45) is 0 Å². The van der Waals surface area contributed by atoms with E-state index < -0.39 is 34.5 Å². The Labute approximate surface area is 184 Å². The summed E-state index contributed by atoms with van der Waals surface area (Å²) in [6.45, 7) is 26.1. The molecule has 0 radical (unpaired) electrons. The standard InChI is InChI=1S/C13H23Si2.3C4H9.Sn/c1-8-10-13(15(5,6)7)11-9-12-14(2,3)4;3*1-3-4-2;/h8H,1,10H2,2-7H3;3*1,3-4H2,2H3;. The maximum absolute atomic E-state index is 4.15. The van der Waals surface area contributed by atoms with Crippen molar-refractivity contribution in [3.63, 3.8) is 0 Å². The summed E-state index contributed by atoms with van der Waals surface area (Å²) in [7, 11) is -2.81. The normalized spacial score (nSPS) is 13.6. The first-order chi connectivity index (χ1) is 13.0. The second kappa shape index (κ2) is 13.6.